The van der Waals surface area contributed by atoms with Gasteiger partial charge in [0.05, 0.1) is 12.7 Å². The molecule has 1 aromatic carbocycles. The van der Waals surface area contributed by atoms with E-state index in [9.17, 15) is 9.59 Å². The van der Waals surface area contributed by atoms with Crippen molar-refractivity contribution in [3.8, 4) is 0 Å². The summed E-state index contributed by atoms with van der Waals surface area (Å²) in [5.41, 5.74) is 0.329. The molecule has 0 unspecified atom stereocenters. The minimum Gasteiger partial charge on any atom is -0.465 e. The Morgan fingerprint density at radius 1 is 1.20 bits per heavy atom. The number of carbonyl (C=O) groups is 2. The number of ketones is 1. The summed E-state index contributed by atoms with van der Waals surface area (Å²) in [6.07, 6.45) is 0. The molecule has 0 N–H and O–H groups in total. The van der Waals surface area contributed by atoms with Gasteiger partial charge >= 0.3 is 5.97 Å². The largest absolute Gasteiger partial charge is 0.465 e. The Kier molecular flexibility index (Phi) is 4.12. The Hall–Kier alpha value is -1.06. The summed E-state index contributed by atoms with van der Waals surface area (Å²) >= 11 is 10.9. The van der Waals surface area contributed by atoms with Gasteiger partial charge in [-0.05, 0) is 6.07 Å². The van der Waals surface area contributed by atoms with Gasteiger partial charge in [-0.25, -0.2) is 4.79 Å². The first-order chi connectivity index (χ1) is 7.07. The Morgan fingerprint density at radius 3 is 2.20 bits per heavy atom. The lowest BCUT2D eigenvalue weighted by Gasteiger charge is -2.06. The number of carbonyl (C=O) groups excluding carboxylic acids is 2. The van der Waals surface area contributed by atoms with Crippen molar-refractivity contribution in [2.24, 2.45) is 0 Å². The molecule has 0 spiro atoms. The zero-order valence-corrected chi connectivity index (χ0v) is 9.38. The minimum absolute atomic E-state index is 0.163. The monoisotopic (exact) mass is 246 g/mol. The van der Waals surface area contributed by atoms with Gasteiger partial charge in [0, 0.05) is 5.56 Å². The topological polar surface area (TPSA) is 43.4 Å². The molecule has 1 rings (SSSR count). The van der Waals surface area contributed by atoms with Crippen molar-refractivity contribution in [3.05, 3.63) is 35.4 Å². The number of hydrogen-bond donors (Lipinski definition) is 0. The van der Waals surface area contributed by atoms with Crippen molar-refractivity contribution < 1.29 is 14.3 Å². The van der Waals surface area contributed by atoms with E-state index < -0.39 is 16.6 Å². The lowest BCUT2D eigenvalue weighted by Crippen LogP contribution is -2.14. The summed E-state index contributed by atoms with van der Waals surface area (Å²) in [4.78, 5) is 21.6. The fraction of sp³-hybridized carbons (Fsp3) is 0.200. The molecule has 3 nitrogen and oxygen atoms in total. The van der Waals surface area contributed by atoms with Gasteiger partial charge in [0.25, 0.3) is 0 Å². The van der Waals surface area contributed by atoms with Gasteiger partial charge in [-0.2, -0.15) is 0 Å². The normalized spacial score (nSPS) is 10.1. The summed E-state index contributed by atoms with van der Waals surface area (Å²) in [5, 5.41) is 0. The van der Waals surface area contributed by atoms with Crippen LogP contribution >= 0.6 is 23.2 Å². The number of benzene rings is 1. The molecule has 0 aliphatic carbocycles. The minimum atomic E-state index is -1.18. The Labute approximate surface area is 96.9 Å². The van der Waals surface area contributed by atoms with E-state index in [1.165, 1.54) is 19.2 Å². The van der Waals surface area contributed by atoms with Crippen LogP contribution in [0, 0.1) is 0 Å². The molecule has 0 saturated carbocycles. The summed E-state index contributed by atoms with van der Waals surface area (Å²) in [5.74, 6) is -1.10. The molecule has 0 aliphatic rings. The molecule has 0 radical (unpaired) electrons. The molecule has 0 bridgehead atoms. The Balaban J connectivity index is 3.18. The first-order valence-corrected chi connectivity index (χ1v) is 4.95. The predicted octanol–water partition coefficient (Wildman–Crippen LogP) is 2.46. The fourth-order valence-electron chi connectivity index (χ4n) is 1.10. The van der Waals surface area contributed by atoms with Gasteiger partial charge in [0.1, 0.15) is 0 Å². The van der Waals surface area contributed by atoms with Crippen LogP contribution in [0.3, 0.4) is 0 Å². The van der Waals surface area contributed by atoms with Crippen LogP contribution in [-0.4, -0.2) is 23.7 Å². The SMILES string of the molecule is COC(=O)c1ccccc1C(=O)C(Cl)Cl. The molecule has 15 heavy (non-hydrogen) atoms. The maximum atomic E-state index is 11.5. The average molecular weight is 247 g/mol. The third kappa shape index (κ3) is 2.70. The van der Waals surface area contributed by atoms with Crippen LogP contribution in [0.2, 0.25) is 0 Å². The highest BCUT2D eigenvalue weighted by Gasteiger charge is 2.21. The van der Waals surface area contributed by atoms with Gasteiger partial charge in [0.15, 0.2) is 10.6 Å². The lowest BCUT2D eigenvalue weighted by molar-refractivity contribution is 0.0597. The number of esters is 1. The van der Waals surface area contributed by atoms with Crippen LogP contribution < -0.4 is 0 Å². The van der Waals surface area contributed by atoms with Crippen molar-refractivity contribution in [1.82, 2.24) is 0 Å². The summed E-state index contributed by atoms with van der Waals surface area (Å²) in [7, 11) is 1.24. The lowest BCUT2D eigenvalue weighted by atomic mass is 10.0. The van der Waals surface area contributed by atoms with Crippen molar-refractivity contribution in [2.75, 3.05) is 7.11 Å². The van der Waals surface area contributed by atoms with E-state index in [-0.39, 0.29) is 11.1 Å². The molecule has 0 amide bonds. The molecule has 0 fully saturated rings. The molecule has 0 atom stereocenters. The van der Waals surface area contributed by atoms with Gasteiger partial charge in [-0.15, -0.1) is 0 Å². The first-order valence-electron chi connectivity index (χ1n) is 4.07. The van der Waals surface area contributed by atoms with Crippen LogP contribution in [0.1, 0.15) is 20.7 Å². The van der Waals surface area contributed by atoms with Crippen LogP contribution in [0.4, 0.5) is 0 Å². The standard InChI is InChI=1S/C10H8Cl2O3/c1-15-10(14)7-5-3-2-4-6(7)8(13)9(11)12/h2-5,9H,1H3. The number of ether oxygens (including phenoxy) is 1. The van der Waals surface area contributed by atoms with Crippen LogP contribution in [0.25, 0.3) is 0 Å². The van der Waals surface area contributed by atoms with E-state index in [0.717, 1.165) is 0 Å². The second kappa shape index (κ2) is 5.14. The van der Waals surface area contributed by atoms with E-state index in [4.69, 9.17) is 23.2 Å². The van der Waals surface area contributed by atoms with Crippen LogP contribution in [-0.2, 0) is 4.74 Å². The quantitative estimate of drug-likeness (QED) is 0.468. The highest BCUT2D eigenvalue weighted by Crippen LogP contribution is 2.16. The van der Waals surface area contributed by atoms with E-state index in [2.05, 4.69) is 4.74 Å². The second-order valence-corrected chi connectivity index (χ2v) is 3.80. The second-order valence-electron chi connectivity index (χ2n) is 2.70. The molecule has 0 heterocycles. The molecular weight excluding hydrogens is 239 g/mol. The average Bonchev–Trinajstić information content (AvgIpc) is 2.27. The third-order valence-electron chi connectivity index (χ3n) is 1.80. The van der Waals surface area contributed by atoms with E-state index >= 15 is 0 Å². The number of halogens is 2. The van der Waals surface area contributed by atoms with Gasteiger partial charge in [0.2, 0.25) is 0 Å². The van der Waals surface area contributed by atoms with Gasteiger partial charge in [-0.1, -0.05) is 41.4 Å². The molecule has 80 valence electrons. The highest BCUT2D eigenvalue weighted by molar-refractivity contribution is 6.55. The fourth-order valence-corrected chi connectivity index (χ4v) is 1.34. The molecular formula is C10H8Cl2O3. The number of hydrogen-bond acceptors (Lipinski definition) is 3. The molecule has 5 heteroatoms. The van der Waals surface area contributed by atoms with Crippen molar-refractivity contribution in [3.63, 3.8) is 0 Å². The van der Waals surface area contributed by atoms with Crippen molar-refractivity contribution in [2.45, 2.75) is 4.84 Å². The summed E-state index contributed by atoms with van der Waals surface area (Å²) in [6.45, 7) is 0. The maximum absolute atomic E-state index is 11.5. The third-order valence-corrected chi connectivity index (χ3v) is 2.19. The molecule has 0 saturated heterocycles. The number of rotatable bonds is 3. The summed E-state index contributed by atoms with van der Waals surface area (Å²) in [6, 6.07) is 6.21. The van der Waals surface area contributed by atoms with E-state index in [0.29, 0.717) is 0 Å². The molecule has 1 aromatic rings. The van der Waals surface area contributed by atoms with Crippen LogP contribution in [0.5, 0.6) is 0 Å². The Morgan fingerprint density at radius 2 is 1.73 bits per heavy atom. The zero-order valence-electron chi connectivity index (χ0n) is 7.87. The first kappa shape index (κ1) is 12.0. The summed E-state index contributed by atoms with van der Waals surface area (Å²) < 4.78 is 4.53. The smallest absolute Gasteiger partial charge is 0.338 e. The number of methoxy groups -OCH3 is 1. The maximum Gasteiger partial charge on any atom is 0.338 e. The number of alkyl halides is 2. The zero-order chi connectivity index (χ0) is 11.4. The van der Waals surface area contributed by atoms with Crippen molar-refractivity contribution in [1.29, 1.82) is 0 Å². The van der Waals surface area contributed by atoms with Crippen molar-refractivity contribution >= 4 is 35.0 Å². The van der Waals surface area contributed by atoms with Gasteiger partial charge < -0.3 is 4.74 Å². The van der Waals surface area contributed by atoms with E-state index in [1.54, 1.807) is 12.1 Å². The predicted molar refractivity (Wildman–Crippen MR) is 57.6 cm³/mol. The highest BCUT2D eigenvalue weighted by atomic mass is 35.5. The molecule has 0 aromatic heterocycles. The Bertz CT molecular complexity index is 388. The molecule has 0 aliphatic heterocycles. The van der Waals surface area contributed by atoms with Crippen LogP contribution in [0.15, 0.2) is 24.3 Å². The number of Topliss-reactive ketones (excluding diaryl/α,β-unsaturated/α-hetero) is 1. The van der Waals surface area contributed by atoms with Gasteiger partial charge in [-0.3, -0.25) is 4.79 Å². The van der Waals surface area contributed by atoms with E-state index in [1.807, 2.05) is 0 Å².